The van der Waals surface area contributed by atoms with E-state index in [0.29, 0.717) is 4.88 Å². The molecule has 2 heterocycles. The van der Waals surface area contributed by atoms with Gasteiger partial charge in [0.05, 0.1) is 11.7 Å². The van der Waals surface area contributed by atoms with Gasteiger partial charge in [-0.15, -0.1) is 11.3 Å². The van der Waals surface area contributed by atoms with Crippen LogP contribution in [-0.4, -0.2) is 17.4 Å². The molecular weight excluding hydrogens is 232 g/mol. The van der Waals surface area contributed by atoms with Gasteiger partial charge in [-0.2, -0.15) is 0 Å². The molecule has 17 heavy (non-hydrogen) atoms. The number of amides is 1. The number of benzene rings is 1. The minimum atomic E-state index is 0.0691. The van der Waals surface area contributed by atoms with Crippen molar-refractivity contribution in [3.05, 3.63) is 46.4 Å². The van der Waals surface area contributed by atoms with Crippen LogP contribution in [0.15, 0.2) is 36.0 Å². The molecule has 1 aromatic carbocycles. The lowest BCUT2D eigenvalue weighted by molar-refractivity contribution is 0.0989. The molecule has 0 bridgehead atoms. The topological polar surface area (TPSA) is 33.2 Å². The van der Waals surface area contributed by atoms with Gasteiger partial charge in [0.1, 0.15) is 4.88 Å². The van der Waals surface area contributed by atoms with Gasteiger partial charge in [0.2, 0.25) is 0 Å². The van der Waals surface area contributed by atoms with Crippen LogP contribution in [0.25, 0.3) is 0 Å². The summed E-state index contributed by atoms with van der Waals surface area (Å²) in [6.07, 6.45) is 3.73. The largest absolute Gasteiger partial charge is 0.307 e. The van der Waals surface area contributed by atoms with Crippen molar-refractivity contribution in [2.24, 2.45) is 0 Å². The van der Waals surface area contributed by atoms with Crippen LogP contribution in [-0.2, 0) is 6.42 Å². The number of carbonyl (C=O) groups is 1. The van der Waals surface area contributed by atoms with E-state index in [0.717, 1.165) is 25.1 Å². The van der Waals surface area contributed by atoms with Crippen molar-refractivity contribution < 1.29 is 4.79 Å². The molecule has 4 heteroatoms. The van der Waals surface area contributed by atoms with Gasteiger partial charge in [-0.05, 0) is 24.5 Å². The molecule has 1 aliphatic rings. The van der Waals surface area contributed by atoms with E-state index in [-0.39, 0.29) is 5.91 Å². The Kier molecular flexibility index (Phi) is 2.65. The Hall–Kier alpha value is -1.68. The molecule has 3 nitrogen and oxygen atoms in total. The first kappa shape index (κ1) is 10.5. The third-order valence-electron chi connectivity index (χ3n) is 3.00. The Morgan fingerprint density at radius 1 is 1.35 bits per heavy atom. The van der Waals surface area contributed by atoms with Crippen molar-refractivity contribution >= 4 is 22.9 Å². The smallest absolute Gasteiger partial charge is 0.269 e. The lowest BCUT2D eigenvalue weighted by Gasteiger charge is -2.28. The van der Waals surface area contributed by atoms with Crippen LogP contribution in [0.4, 0.5) is 5.69 Å². The average molecular weight is 244 g/mol. The first-order valence-corrected chi connectivity index (χ1v) is 6.52. The van der Waals surface area contributed by atoms with E-state index in [1.165, 1.54) is 16.9 Å². The Morgan fingerprint density at radius 3 is 3.06 bits per heavy atom. The minimum absolute atomic E-state index is 0.0691. The molecule has 86 valence electrons. The summed E-state index contributed by atoms with van der Waals surface area (Å²) < 4.78 is 0. The van der Waals surface area contributed by atoms with Gasteiger partial charge >= 0.3 is 0 Å². The zero-order valence-corrected chi connectivity index (χ0v) is 10.1. The monoisotopic (exact) mass is 244 g/mol. The van der Waals surface area contributed by atoms with E-state index in [9.17, 15) is 4.79 Å². The van der Waals surface area contributed by atoms with E-state index >= 15 is 0 Å². The molecule has 0 saturated heterocycles. The summed E-state index contributed by atoms with van der Waals surface area (Å²) >= 11 is 1.40. The van der Waals surface area contributed by atoms with Gasteiger partial charge in [0.25, 0.3) is 5.91 Å². The van der Waals surface area contributed by atoms with Crippen LogP contribution in [0.3, 0.4) is 0 Å². The quantitative estimate of drug-likeness (QED) is 0.772. The lowest BCUT2D eigenvalue weighted by Crippen LogP contribution is -2.34. The number of fused-ring (bicyclic) bond motifs is 1. The number of hydrogen-bond donors (Lipinski definition) is 0. The Balaban J connectivity index is 1.98. The van der Waals surface area contributed by atoms with Crippen LogP contribution in [0.5, 0.6) is 0 Å². The number of thiazole rings is 1. The molecule has 0 N–H and O–H groups in total. The third kappa shape index (κ3) is 1.85. The normalized spacial score (nSPS) is 14.5. The fourth-order valence-electron chi connectivity index (χ4n) is 2.20. The fraction of sp³-hybridized carbons (Fsp3) is 0.231. The second kappa shape index (κ2) is 4.30. The van der Waals surface area contributed by atoms with Gasteiger partial charge in [-0.25, -0.2) is 0 Å². The van der Waals surface area contributed by atoms with E-state index in [1.54, 1.807) is 11.7 Å². The molecule has 1 aromatic heterocycles. The Morgan fingerprint density at radius 2 is 2.24 bits per heavy atom. The van der Waals surface area contributed by atoms with Crippen molar-refractivity contribution in [3.63, 3.8) is 0 Å². The number of aryl methyl sites for hydroxylation is 1. The molecule has 0 spiro atoms. The van der Waals surface area contributed by atoms with E-state index in [1.807, 2.05) is 23.1 Å². The zero-order chi connectivity index (χ0) is 11.7. The van der Waals surface area contributed by atoms with Crippen LogP contribution in [0.2, 0.25) is 0 Å². The van der Waals surface area contributed by atoms with Crippen molar-refractivity contribution in [2.75, 3.05) is 11.4 Å². The molecule has 0 aliphatic carbocycles. The SMILES string of the molecule is O=C(c1cncs1)N1CCCc2ccccc21. The van der Waals surface area contributed by atoms with E-state index in [2.05, 4.69) is 11.1 Å². The summed E-state index contributed by atoms with van der Waals surface area (Å²) in [7, 11) is 0. The first-order valence-electron chi connectivity index (χ1n) is 5.64. The molecule has 0 fully saturated rings. The van der Waals surface area contributed by atoms with E-state index in [4.69, 9.17) is 0 Å². The second-order valence-corrected chi connectivity index (χ2v) is 4.94. The van der Waals surface area contributed by atoms with Gasteiger partial charge in [0, 0.05) is 12.2 Å². The lowest BCUT2D eigenvalue weighted by atomic mass is 10.0. The number of nitrogens with zero attached hydrogens (tertiary/aromatic N) is 2. The van der Waals surface area contributed by atoms with E-state index < -0.39 is 0 Å². The Bertz CT molecular complexity index is 536. The standard InChI is InChI=1S/C13H12N2OS/c16-13(12-8-14-9-17-12)15-7-3-5-10-4-1-2-6-11(10)15/h1-2,4,6,8-9H,3,5,7H2. The fourth-order valence-corrected chi connectivity index (χ4v) is 2.77. The maximum absolute atomic E-state index is 12.3. The summed E-state index contributed by atoms with van der Waals surface area (Å²) in [5.41, 5.74) is 4.01. The highest BCUT2D eigenvalue weighted by Crippen LogP contribution is 2.28. The molecule has 0 unspecified atom stereocenters. The third-order valence-corrected chi connectivity index (χ3v) is 3.76. The average Bonchev–Trinajstić information content (AvgIpc) is 2.91. The number of anilines is 1. The van der Waals surface area contributed by atoms with Crippen LogP contribution >= 0.6 is 11.3 Å². The van der Waals surface area contributed by atoms with Crippen LogP contribution < -0.4 is 4.90 Å². The molecule has 0 saturated carbocycles. The molecular formula is C13H12N2OS. The summed E-state index contributed by atoms with van der Waals surface area (Å²) in [6, 6.07) is 8.13. The van der Waals surface area contributed by atoms with Crippen molar-refractivity contribution in [1.82, 2.24) is 4.98 Å². The number of rotatable bonds is 1. The van der Waals surface area contributed by atoms with Gasteiger partial charge < -0.3 is 4.90 Å². The highest BCUT2D eigenvalue weighted by Gasteiger charge is 2.23. The molecule has 1 aliphatic heterocycles. The maximum atomic E-state index is 12.3. The van der Waals surface area contributed by atoms with Gasteiger partial charge in [-0.1, -0.05) is 18.2 Å². The second-order valence-electron chi connectivity index (χ2n) is 4.05. The number of para-hydroxylation sites is 1. The van der Waals surface area contributed by atoms with Crippen LogP contribution in [0.1, 0.15) is 21.7 Å². The molecule has 3 rings (SSSR count). The molecule has 0 atom stereocenters. The highest BCUT2D eigenvalue weighted by molar-refractivity contribution is 7.11. The first-order chi connectivity index (χ1) is 8.36. The predicted molar refractivity (Wildman–Crippen MR) is 68.6 cm³/mol. The Labute approximate surface area is 104 Å². The minimum Gasteiger partial charge on any atom is -0.307 e. The van der Waals surface area contributed by atoms with Gasteiger partial charge in [0.15, 0.2) is 0 Å². The number of hydrogen-bond acceptors (Lipinski definition) is 3. The van der Waals surface area contributed by atoms with Crippen molar-refractivity contribution in [2.45, 2.75) is 12.8 Å². The predicted octanol–water partition coefficient (Wildman–Crippen LogP) is 2.74. The van der Waals surface area contributed by atoms with Crippen molar-refractivity contribution in [1.29, 1.82) is 0 Å². The number of aromatic nitrogens is 1. The summed E-state index contributed by atoms with van der Waals surface area (Å²) in [5.74, 6) is 0.0691. The summed E-state index contributed by atoms with van der Waals surface area (Å²) in [5, 5.41) is 0. The zero-order valence-electron chi connectivity index (χ0n) is 9.30. The highest BCUT2D eigenvalue weighted by atomic mass is 32.1. The van der Waals surface area contributed by atoms with Gasteiger partial charge in [-0.3, -0.25) is 9.78 Å². The summed E-state index contributed by atoms with van der Waals surface area (Å²) in [6.45, 7) is 0.799. The van der Waals surface area contributed by atoms with Crippen LogP contribution in [0, 0.1) is 0 Å². The molecule has 2 aromatic rings. The maximum Gasteiger partial charge on any atom is 0.269 e. The molecule has 0 radical (unpaired) electrons. The summed E-state index contributed by atoms with van der Waals surface area (Å²) in [4.78, 5) is 18.9. The molecule has 1 amide bonds. The van der Waals surface area contributed by atoms with Crippen molar-refractivity contribution in [3.8, 4) is 0 Å². The number of carbonyl (C=O) groups excluding carboxylic acids is 1.